The molecule has 5 heteroatoms. The number of hydrogen-bond acceptors (Lipinski definition) is 3. The molecular weight excluding hydrogens is 190 g/mol. The third-order valence-corrected chi connectivity index (χ3v) is 2.48. The Labute approximate surface area is 76.4 Å². The Bertz CT molecular complexity index is 436. The lowest BCUT2D eigenvalue weighted by Gasteiger charge is -1.99. The van der Waals surface area contributed by atoms with Crippen molar-refractivity contribution < 1.29 is 13.2 Å². The molecule has 0 aliphatic rings. The van der Waals surface area contributed by atoms with Crippen molar-refractivity contribution in [1.82, 2.24) is 0 Å². The van der Waals surface area contributed by atoms with Gasteiger partial charge in [-0.25, -0.2) is 13.6 Å². The van der Waals surface area contributed by atoms with E-state index in [1.165, 1.54) is 31.2 Å². The molecule has 0 saturated carbocycles. The topological polar surface area (TPSA) is 77.2 Å². The van der Waals surface area contributed by atoms with Crippen LogP contribution in [0.5, 0.6) is 0 Å². The molecule has 4 nitrogen and oxygen atoms in total. The molecule has 70 valence electrons. The molecule has 0 atom stereocenters. The largest absolute Gasteiger partial charge is 0.295 e. The highest BCUT2D eigenvalue weighted by Crippen LogP contribution is 2.09. The summed E-state index contributed by atoms with van der Waals surface area (Å²) in [6, 6.07) is 5.63. The van der Waals surface area contributed by atoms with Gasteiger partial charge in [-0.3, -0.25) is 4.79 Å². The van der Waals surface area contributed by atoms with Crippen molar-refractivity contribution >= 4 is 15.8 Å². The summed E-state index contributed by atoms with van der Waals surface area (Å²) < 4.78 is 21.7. The van der Waals surface area contributed by atoms with Gasteiger partial charge in [-0.1, -0.05) is 12.1 Å². The van der Waals surface area contributed by atoms with Crippen LogP contribution in [0.3, 0.4) is 0 Å². The van der Waals surface area contributed by atoms with E-state index in [1.807, 2.05) is 0 Å². The summed E-state index contributed by atoms with van der Waals surface area (Å²) in [6.45, 7) is 1.36. The van der Waals surface area contributed by atoms with Gasteiger partial charge < -0.3 is 0 Å². The van der Waals surface area contributed by atoms with E-state index in [-0.39, 0.29) is 10.7 Å². The second-order valence-electron chi connectivity index (χ2n) is 2.63. The summed E-state index contributed by atoms with van der Waals surface area (Å²) in [5.74, 6) is -0.189. The van der Waals surface area contributed by atoms with Gasteiger partial charge in [-0.2, -0.15) is 0 Å². The zero-order valence-corrected chi connectivity index (χ0v) is 7.84. The lowest BCUT2D eigenvalue weighted by molar-refractivity contribution is 0.101. The maximum Gasteiger partial charge on any atom is 0.238 e. The Hall–Kier alpha value is -1.20. The van der Waals surface area contributed by atoms with Gasteiger partial charge in [0.15, 0.2) is 5.78 Å². The summed E-state index contributed by atoms with van der Waals surface area (Å²) in [7, 11) is -3.71. The molecule has 0 amide bonds. The molecule has 2 N–H and O–H groups in total. The predicted octanol–water partition coefficient (Wildman–Crippen LogP) is 0.537. The standard InChI is InChI=1S/C8H9NO3S/c1-6(10)7-3-2-4-8(5-7)13(9,11)12/h2-5H,1H3,(H2,9,11,12). The van der Waals surface area contributed by atoms with Crippen LogP contribution >= 0.6 is 0 Å². The Kier molecular flexibility index (Phi) is 2.49. The number of ketones is 1. The van der Waals surface area contributed by atoms with Crippen LogP contribution in [0, 0.1) is 0 Å². The molecule has 0 spiro atoms. The average Bonchev–Trinajstić information content (AvgIpc) is 2.03. The molecule has 0 aliphatic carbocycles. The first-order valence-corrected chi connectivity index (χ1v) is 5.09. The predicted molar refractivity (Wildman–Crippen MR) is 47.8 cm³/mol. The van der Waals surface area contributed by atoms with Crippen LogP contribution in [-0.2, 0) is 10.0 Å². The van der Waals surface area contributed by atoms with Crippen LogP contribution in [0.15, 0.2) is 29.2 Å². The van der Waals surface area contributed by atoms with Gasteiger partial charge in [0.1, 0.15) is 0 Å². The van der Waals surface area contributed by atoms with Crippen LogP contribution in [0.25, 0.3) is 0 Å². The molecule has 0 unspecified atom stereocenters. The van der Waals surface area contributed by atoms with E-state index in [4.69, 9.17) is 5.14 Å². The quantitative estimate of drug-likeness (QED) is 0.706. The second-order valence-corrected chi connectivity index (χ2v) is 4.19. The molecule has 0 heterocycles. The molecule has 0 saturated heterocycles. The Morgan fingerprint density at radius 2 is 2.00 bits per heavy atom. The smallest absolute Gasteiger partial charge is 0.238 e. The van der Waals surface area contributed by atoms with E-state index >= 15 is 0 Å². The lowest BCUT2D eigenvalue weighted by atomic mass is 10.2. The van der Waals surface area contributed by atoms with E-state index in [0.717, 1.165) is 0 Å². The maximum absolute atomic E-state index is 10.9. The monoisotopic (exact) mass is 199 g/mol. The van der Waals surface area contributed by atoms with Crippen molar-refractivity contribution in [3.63, 3.8) is 0 Å². The van der Waals surface area contributed by atoms with Crippen LogP contribution < -0.4 is 5.14 Å². The zero-order chi connectivity index (χ0) is 10.1. The van der Waals surface area contributed by atoms with E-state index in [2.05, 4.69) is 0 Å². The Balaban J connectivity index is 3.29. The first-order chi connectivity index (χ1) is 5.91. The Morgan fingerprint density at radius 1 is 1.38 bits per heavy atom. The summed E-state index contributed by atoms with van der Waals surface area (Å²) >= 11 is 0. The highest BCUT2D eigenvalue weighted by atomic mass is 32.2. The summed E-state index contributed by atoms with van der Waals surface area (Å²) in [5.41, 5.74) is 0.339. The number of Topliss-reactive ketones (excluding diaryl/α,β-unsaturated/α-hetero) is 1. The maximum atomic E-state index is 10.9. The van der Waals surface area contributed by atoms with Crippen LogP contribution in [0.4, 0.5) is 0 Å². The number of primary sulfonamides is 1. The summed E-state index contributed by atoms with van der Waals surface area (Å²) in [4.78, 5) is 10.8. The summed E-state index contributed by atoms with van der Waals surface area (Å²) in [5, 5.41) is 4.89. The van der Waals surface area contributed by atoms with Gasteiger partial charge in [0.25, 0.3) is 0 Å². The van der Waals surface area contributed by atoms with Gasteiger partial charge in [-0.15, -0.1) is 0 Å². The lowest BCUT2D eigenvalue weighted by Crippen LogP contribution is -2.12. The van der Waals surface area contributed by atoms with E-state index < -0.39 is 10.0 Å². The minimum Gasteiger partial charge on any atom is -0.295 e. The first kappa shape index (κ1) is 9.88. The van der Waals surface area contributed by atoms with Gasteiger partial charge in [-0.05, 0) is 19.1 Å². The Morgan fingerprint density at radius 3 is 2.46 bits per heavy atom. The van der Waals surface area contributed by atoms with Crippen molar-refractivity contribution in [2.45, 2.75) is 11.8 Å². The highest BCUT2D eigenvalue weighted by Gasteiger charge is 2.08. The van der Waals surface area contributed by atoms with E-state index in [1.54, 1.807) is 0 Å². The zero-order valence-electron chi connectivity index (χ0n) is 7.02. The number of sulfonamides is 1. The average molecular weight is 199 g/mol. The van der Waals surface area contributed by atoms with Crippen LogP contribution in [0.1, 0.15) is 17.3 Å². The SMILES string of the molecule is CC(=O)c1cccc(S(N)(=O)=O)c1. The minimum absolute atomic E-state index is 0.0415. The molecule has 0 aliphatic heterocycles. The fourth-order valence-electron chi connectivity index (χ4n) is 0.892. The van der Waals surface area contributed by atoms with Gasteiger partial charge in [0.05, 0.1) is 4.90 Å². The van der Waals surface area contributed by atoms with E-state index in [9.17, 15) is 13.2 Å². The van der Waals surface area contributed by atoms with Gasteiger partial charge in [0.2, 0.25) is 10.0 Å². The molecule has 1 aromatic rings. The highest BCUT2D eigenvalue weighted by molar-refractivity contribution is 7.89. The van der Waals surface area contributed by atoms with Crippen molar-refractivity contribution in [3.8, 4) is 0 Å². The molecule has 0 fully saturated rings. The fourth-order valence-corrected chi connectivity index (χ4v) is 1.45. The fraction of sp³-hybridized carbons (Fsp3) is 0.125. The van der Waals surface area contributed by atoms with Crippen molar-refractivity contribution in [2.75, 3.05) is 0 Å². The van der Waals surface area contributed by atoms with Gasteiger partial charge >= 0.3 is 0 Å². The molecular formula is C8H9NO3S. The van der Waals surface area contributed by atoms with Crippen LogP contribution in [0.2, 0.25) is 0 Å². The third kappa shape index (κ3) is 2.37. The number of hydrogen-bond donors (Lipinski definition) is 1. The molecule has 1 rings (SSSR count). The summed E-state index contributed by atoms with van der Waals surface area (Å²) in [6.07, 6.45) is 0. The first-order valence-electron chi connectivity index (χ1n) is 3.55. The molecule has 13 heavy (non-hydrogen) atoms. The van der Waals surface area contributed by atoms with Crippen LogP contribution in [-0.4, -0.2) is 14.2 Å². The number of nitrogens with two attached hydrogens (primary N) is 1. The second kappa shape index (κ2) is 3.27. The van der Waals surface area contributed by atoms with Gasteiger partial charge in [0, 0.05) is 5.56 Å². The number of carbonyl (C=O) groups is 1. The molecule has 0 bridgehead atoms. The number of carbonyl (C=O) groups excluding carboxylic acids is 1. The van der Waals surface area contributed by atoms with Crippen molar-refractivity contribution in [3.05, 3.63) is 29.8 Å². The van der Waals surface area contributed by atoms with Crippen molar-refractivity contribution in [2.24, 2.45) is 5.14 Å². The van der Waals surface area contributed by atoms with E-state index in [0.29, 0.717) is 5.56 Å². The number of rotatable bonds is 2. The number of benzene rings is 1. The molecule has 0 radical (unpaired) electrons. The van der Waals surface area contributed by atoms with Crippen molar-refractivity contribution in [1.29, 1.82) is 0 Å². The molecule has 1 aromatic carbocycles. The molecule has 0 aromatic heterocycles. The minimum atomic E-state index is -3.71. The third-order valence-electron chi connectivity index (χ3n) is 1.57. The normalized spacial score (nSPS) is 11.2.